The van der Waals surface area contributed by atoms with Gasteiger partial charge >= 0.3 is 0 Å². The molecule has 158 valence electrons. The summed E-state index contributed by atoms with van der Waals surface area (Å²) in [7, 11) is 3.17. The Morgan fingerprint density at radius 2 is 1.97 bits per heavy atom. The van der Waals surface area contributed by atoms with Crippen molar-refractivity contribution < 1.29 is 27.9 Å². The van der Waals surface area contributed by atoms with Crippen LogP contribution in [0.4, 0.5) is 4.39 Å². The van der Waals surface area contributed by atoms with Gasteiger partial charge in [0.15, 0.2) is 5.69 Å². The lowest BCUT2D eigenvalue weighted by atomic mass is 10.2. The third kappa shape index (κ3) is 7.28. The van der Waals surface area contributed by atoms with Crippen LogP contribution in [0.15, 0.2) is 34.9 Å². The van der Waals surface area contributed by atoms with E-state index in [0.29, 0.717) is 39.1 Å². The van der Waals surface area contributed by atoms with Gasteiger partial charge < -0.3 is 24.1 Å². The molecule has 1 aromatic heterocycles. The number of halogens is 1. The van der Waals surface area contributed by atoms with Gasteiger partial charge in [0.2, 0.25) is 5.89 Å². The summed E-state index contributed by atoms with van der Waals surface area (Å²) in [5.41, 5.74) is 0.359. The average molecular weight is 407 g/mol. The number of nitrogens with one attached hydrogen (secondary N) is 1. The molecule has 0 saturated heterocycles. The van der Waals surface area contributed by atoms with Crippen LogP contribution in [-0.2, 0) is 16.0 Å². The first-order chi connectivity index (χ1) is 14.0. The van der Waals surface area contributed by atoms with Crippen LogP contribution in [-0.4, -0.2) is 62.2 Å². The van der Waals surface area contributed by atoms with Crippen molar-refractivity contribution in [3.05, 3.63) is 53.5 Å². The highest BCUT2D eigenvalue weighted by molar-refractivity contribution is 5.94. The largest absolute Gasteiger partial charge is 0.446 e. The minimum atomic E-state index is -0.490. The van der Waals surface area contributed by atoms with Gasteiger partial charge in [-0.25, -0.2) is 9.37 Å². The van der Waals surface area contributed by atoms with E-state index in [9.17, 15) is 14.0 Å². The Kier molecular flexibility index (Phi) is 9.26. The Labute approximate surface area is 169 Å². The maximum Gasteiger partial charge on any atom is 0.273 e. The predicted octanol–water partition coefficient (Wildman–Crippen LogP) is 2.26. The fourth-order valence-corrected chi connectivity index (χ4v) is 2.62. The summed E-state index contributed by atoms with van der Waals surface area (Å²) >= 11 is 0. The molecule has 2 rings (SSSR count). The van der Waals surface area contributed by atoms with Crippen LogP contribution in [0, 0.1) is 5.82 Å². The number of hydrogen-bond acceptors (Lipinski definition) is 6. The number of benzene rings is 1. The molecule has 9 heteroatoms. The molecule has 0 unspecified atom stereocenters. The van der Waals surface area contributed by atoms with Gasteiger partial charge in [-0.05, 0) is 31.0 Å². The lowest BCUT2D eigenvalue weighted by Gasteiger charge is -2.21. The minimum absolute atomic E-state index is 0.0516. The van der Waals surface area contributed by atoms with E-state index in [4.69, 9.17) is 13.9 Å². The van der Waals surface area contributed by atoms with Crippen molar-refractivity contribution in [3.8, 4) is 0 Å². The van der Waals surface area contributed by atoms with Crippen molar-refractivity contribution in [2.75, 3.05) is 40.5 Å². The molecule has 1 heterocycles. The first kappa shape index (κ1) is 22.5. The van der Waals surface area contributed by atoms with Gasteiger partial charge in [-0.3, -0.25) is 9.59 Å². The predicted molar refractivity (Wildman–Crippen MR) is 103 cm³/mol. The van der Waals surface area contributed by atoms with Gasteiger partial charge in [-0.15, -0.1) is 0 Å². The molecule has 0 bridgehead atoms. The van der Waals surface area contributed by atoms with Crippen molar-refractivity contribution in [1.29, 1.82) is 0 Å². The van der Waals surface area contributed by atoms with Crippen molar-refractivity contribution >= 4 is 11.8 Å². The van der Waals surface area contributed by atoms with Gasteiger partial charge in [0.05, 0.1) is 6.54 Å². The number of amides is 2. The molecule has 0 fully saturated rings. The standard InChI is InChI=1S/C20H26FN3O5/c1-27-10-4-8-22-19(25)17-14-29-18(23-17)13-24(9-5-11-28-2)20(26)15-6-3-7-16(21)12-15/h3,6-7,12,14H,4-5,8-11,13H2,1-2H3,(H,22,25). The number of ether oxygens (including phenoxy) is 2. The number of carbonyl (C=O) groups is 2. The first-order valence-corrected chi connectivity index (χ1v) is 9.30. The molecule has 1 N–H and O–H groups in total. The molecule has 29 heavy (non-hydrogen) atoms. The highest BCUT2D eigenvalue weighted by atomic mass is 19.1. The third-order valence-corrected chi connectivity index (χ3v) is 4.06. The molecule has 2 aromatic rings. The van der Waals surface area contributed by atoms with Gasteiger partial charge in [-0.1, -0.05) is 6.07 Å². The smallest absolute Gasteiger partial charge is 0.273 e. The van der Waals surface area contributed by atoms with Crippen LogP contribution in [0.1, 0.15) is 39.6 Å². The summed E-state index contributed by atoms with van der Waals surface area (Å²) in [6, 6.07) is 5.48. The quantitative estimate of drug-likeness (QED) is 0.543. The summed E-state index contributed by atoms with van der Waals surface area (Å²) in [5.74, 6) is -0.992. The zero-order chi connectivity index (χ0) is 21.1. The van der Waals surface area contributed by atoms with Crippen LogP contribution in [0.25, 0.3) is 0 Å². The number of oxazole rings is 1. The third-order valence-electron chi connectivity index (χ3n) is 4.06. The van der Waals surface area contributed by atoms with E-state index in [1.54, 1.807) is 20.3 Å². The zero-order valence-electron chi connectivity index (χ0n) is 16.7. The Hall–Kier alpha value is -2.78. The summed E-state index contributed by atoms with van der Waals surface area (Å²) in [6.45, 7) is 1.88. The molecular weight excluding hydrogens is 381 g/mol. The molecule has 0 saturated carbocycles. The molecule has 2 amide bonds. The van der Waals surface area contributed by atoms with E-state index >= 15 is 0 Å². The Morgan fingerprint density at radius 1 is 1.21 bits per heavy atom. The van der Waals surface area contributed by atoms with Crippen LogP contribution in [0.5, 0.6) is 0 Å². The Balaban J connectivity index is 2.04. The second-order valence-corrected chi connectivity index (χ2v) is 6.31. The summed E-state index contributed by atoms with van der Waals surface area (Å²) in [5, 5.41) is 2.72. The number of methoxy groups -OCH3 is 2. The van der Waals surface area contributed by atoms with Crippen molar-refractivity contribution in [2.24, 2.45) is 0 Å². The highest BCUT2D eigenvalue weighted by Crippen LogP contribution is 2.12. The second-order valence-electron chi connectivity index (χ2n) is 6.31. The Bertz CT molecular complexity index is 796. The average Bonchev–Trinajstić information content (AvgIpc) is 3.18. The maximum atomic E-state index is 13.5. The second kappa shape index (κ2) is 11.9. The molecule has 0 atom stereocenters. The monoisotopic (exact) mass is 407 g/mol. The fraction of sp³-hybridized carbons (Fsp3) is 0.450. The van der Waals surface area contributed by atoms with E-state index < -0.39 is 5.82 Å². The maximum absolute atomic E-state index is 13.5. The van der Waals surface area contributed by atoms with Gasteiger partial charge in [-0.2, -0.15) is 0 Å². The van der Waals surface area contributed by atoms with Crippen molar-refractivity contribution in [2.45, 2.75) is 19.4 Å². The molecule has 0 aliphatic carbocycles. The van der Waals surface area contributed by atoms with Crippen molar-refractivity contribution in [3.63, 3.8) is 0 Å². The molecular formula is C20H26FN3O5. The van der Waals surface area contributed by atoms with E-state index in [0.717, 1.165) is 0 Å². The lowest BCUT2D eigenvalue weighted by Crippen LogP contribution is -2.32. The molecule has 8 nitrogen and oxygen atoms in total. The van der Waals surface area contributed by atoms with Gasteiger partial charge in [0, 0.05) is 46.1 Å². The van der Waals surface area contributed by atoms with E-state index in [2.05, 4.69) is 10.3 Å². The van der Waals surface area contributed by atoms with Gasteiger partial charge in [0.25, 0.3) is 11.8 Å². The number of nitrogens with zero attached hydrogens (tertiary/aromatic N) is 2. The Morgan fingerprint density at radius 3 is 2.69 bits per heavy atom. The molecule has 0 aliphatic rings. The summed E-state index contributed by atoms with van der Waals surface area (Å²) in [6.07, 6.45) is 2.52. The molecule has 0 spiro atoms. The molecule has 1 aromatic carbocycles. The van der Waals surface area contributed by atoms with E-state index in [-0.39, 0.29) is 35.5 Å². The van der Waals surface area contributed by atoms with E-state index in [1.807, 2.05) is 0 Å². The van der Waals surface area contributed by atoms with Gasteiger partial charge in [0.1, 0.15) is 12.1 Å². The van der Waals surface area contributed by atoms with Crippen LogP contribution < -0.4 is 5.32 Å². The normalized spacial score (nSPS) is 10.7. The number of rotatable bonds is 12. The number of aromatic nitrogens is 1. The van der Waals surface area contributed by atoms with E-state index in [1.165, 1.54) is 29.4 Å². The zero-order valence-corrected chi connectivity index (χ0v) is 16.7. The summed E-state index contributed by atoms with van der Waals surface area (Å²) in [4.78, 5) is 30.5. The van der Waals surface area contributed by atoms with Crippen LogP contribution in [0.3, 0.4) is 0 Å². The number of carbonyl (C=O) groups excluding carboxylic acids is 2. The lowest BCUT2D eigenvalue weighted by molar-refractivity contribution is 0.0707. The SMILES string of the molecule is COCCCNC(=O)c1coc(CN(CCCOC)C(=O)c2cccc(F)c2)n1. The van der Waals surface area contributed by atoms with Crippen LogP contribution >= 0.6 is 0 Å². The number of hydrogen-bond donors (Lipinski definition) is 1. The van der Waals surface area contributed by atoms with Crippen LogP contribution in [0.2, 0.25) is 0 Å². The summed E-state index contributed by atoms with van der Waals surface area (Å²) < 4.78 is 28.8. The van der Waals surface area contributed by atoms with Crippen molar-refractivity contribution in [1.82, 2.24) is 15.2 Å². The molecule has 0 aliphatic heterocycles. The first-order valence-electron chi connectivity index (χ1n) is 9.30. The topological polar surface area (TPSA) is 93.9 Å². The minimum Gasteiger partial charge on any atom is -0.446 e. The fourth-order valence-electron chi connectivity index (χ4n) is 2.62. The highest BCUT2D eigenvalue weighted by Gasteiger charge is 2.20. The molecule has 0 radical (unpaired) electrons.